The Bertz CT molecular complexity index is 2590. The lowest BCUT2D eigenvalue weighted by Crippen LogP contribution is -2.58. The van der Waals surface area contributed by atoms with Gasteiger partial charge in [0, 0.05) is 25.6 Å². The Balaban J connectivity index is 1.06. The average Bonchev–Trinajstić information content (AvgIpc) is 4.04. The van der Waals surface area contributed by atoms with Crippen LogP contribution in [0.15, 0.2) is 72.9 Å². The molecule has 0 radical (unpaired) electrons. The summed E-state index contributed by atoms with van der Waals surface area (Å²) in [4.78, 5) is 72.6. The van der Waals surface area contributed by atoms with Gasteiger partial charge >= 0.3 is 0 Å². The van der Waals surface area contributed by atoms with E-state index in [2.05, 4.69) is 20.5 Å². The second kappa shape index (κ2) is 15.4. The third-order valence-corrected chi connectivity index (χ3v) is 14.3. The smallest absolute Gasteiger partial charge is 0.272 e. The minimum absolute atomic E-state index is 0.00481. The normalized spacial score (nSPS) is 25.1. The predicted octanol–water partition coefficient (Wildman–Crippen LogP) is 3.79. The van der Waals surface area contributed by atoms with Gasteiger partial charge in [0.15, 0.2) is 5.69 Å². The summed E-state index contributed by atoms with van der Waals surface area (Å²) in [5.41, 5.74) is 1.02. The molecule has 3 N–H and O–H groups in total. The van der Waals surface area contributed by atoms with E-state index in [1.807, 2.05) is 60.7 Å². The zero-order chi connectivity index (χ0) is 40.9. The van der Waals surface area contributed by atoms with Gasteiger partial charge in [-0.05, 0) is 68.9 Å². The summed E-state index contributed by atoms with van der Waals surface area (Å²) in [7, 11) is -2.23. The molecule has 2 aromatic carbocycles. The highest BCUT2D eigenvalue weighted by Gasteiger charge is 2.62. The van der Waals surface area contributed by atoms with Crippen molar-refractivity contribution < 1.29 is 32.3 Å². The number of carbonyl (C=O) groups excluding carboxylic acids is 4. The van der Waals surface area contributed by atoms with Crippen molar-refractivity contribution >= 4 is 66.2 Å². The summed E-state index contributed by atoms with van der Waals surface area (Å²) in [5.74, 6) is -2.73. The van der Waals surface area contributed by atoms with E-state index in [0.717, 1.165) is 23.1 Å². The molecular formula is C41H43N9O7S2. The number of sulfonamides is 1. The van der Waals surface area contributed by atoms with Crippen molar-refractivity contribution in [1.82, 2.24) is 45.0 Å². The molecule has 0 bridgehead atoms. The molecule has 306 valence electrons. The number of amides is 4. The molecule has 2 saturated carbocycles. The van der Waals surface area contributed by atoms with Crippen molar-refractivity contribution in [1.29, 1.82) is 0 Å². The summed E-state index contributed by atoms with van der Waals surface area (Å²) in [5, 5.41) is 9.94. The largest absolute Gasteiger partial charge is 0.471 e. The summed E-state index contributed by atoms with van der Waals surface area (Å²) in [6, 6.07) is 14.5. The number of allylic oxidation sites excluding steroid dienone is 1. The number of para-hydroxylation sites is 3. The van der Waals surface area contributed by atoms with Crippen LogP contribution in [0.3, 0.4) is 0 Å². The predicted molar refractivity (Wildman–Crippen MR) is 218 cm³/mol. The third kappa shape index (κ3) is 7.90. The SMILES string of the molecule is Cn1ccc(C(=O)N[C@H]2CCCCCC=C[C@@H]3C[C@@]3(C(=O)NS(=O)(=O)C3CC3)NC(=O)[C@@H]3C[C@@H](Oc4nc5ccccc5nc4-c4nc5ccccc5s4)CN3C2=O)n1. The Morgan fingerprint density at radius 2 is 1.71 bits per heavy atom. The second-order valence-electron chi connectivity index (χ2n) is 15.7. The first-order valence-electron chi connectivity index (χ1n) is 19.9. The lowest BCUT2D eigenvalue weighted by atomic mass is 10.0. The number of nitrogens with one attached hydrogen (secondary N) is 3. The fraction of sp³-hybridized carbons (Fsp3) is 0.415. The number of hydrogen-bond donors (Lipinski definition) is 3. The second-order valence-corrected chi connectivity index (χ2v) is 18.7. The standard InChI is InChI=1S/C41H43N9O7S2/c1-49-20-19-30(47-49)35(51)43-31-15-6-4-2-3-5-11-24-22-41(24,40(54)48-59(55,56)26-17-18-26)46-36(52)32-21-25(23-50(32)39(31)53)57-37-34(42-27-12-7-8-13-28(27)44-37)38-45-29-14-9-10-16-33(29)58-38/h5,7-14,16,19-20,24-26,31-32H,2-4,6,15,17-18,21-23H2,1H3,(H,43,51)(H,46,52)(H,48,54)/t24-,25-,31+,32+,41-/m1/s1. The summed E-state index contributed by atoms with van der Waals surface area (Å²) in [6.45, 7) is -0.0563. The van der Waals surface area contributed by atoms with Crippen molar-refractivity contribution in [3.05, 3.63) is 78.6 Å². The van der Waals surface area contributed by atoms with Crippen LogP contribution in [0.25, 0.3) is 32.0 Å². The topological polar surface area (TPSA) is 207 Å². The van der Waals surface area contributed by atoms with Crippen molar-refractivity contribution in [2.75, 3.05) is 6.54 Å². The van der Waals surface area contributed by atoms with Crippen LogP contribution >= 0.6 is 11.3 Å². The third-order valence-electron chi connectivity index (χ3n) is 11.4. The maximum atomic E-state index is 14.8. The van der Waals surface area contributed by atoms with E-state index >= 15 is 0 Å². The number of hydrogen-bond acceptors (Lipinski definition) is 12. The number of aryl methyl sites for hydroxylation is 1. The van der Waals surface area contributed by atoms with Crippen LogP contribution < -0.4 is 20.1 Å². The highest BCUT2D eigenvalue weighted by molar-refractivity contribution is 7.91. The maximum Gasteiger partial charge on any atom is 0.272 e. The molecule has 4 aliphatic rings. The quantitative estimate of drug-likeness (QED) is 0.192. The maximum absolute atomic E-state index is 14.8. The lowest BCUT2D eigenvalue weighted by Gasteiger charge is -2.29. The Labute approximate surface area is 343 Å². The lowest BCUT2D eigenvalue weighted by molar-refractivity contribution is -0.141. The first-order chi connectivity index (χ1) is 28.5. The van der Waals surface area contributed by atoms with Crippen molar-refractivity contribution in [2.24, 2.45) is 13.0 Å². The Morgan fingerprint density at radius 1 is 0.949 bits per heavy atom. The molecule has 1 saturated heterocycles. The molecule has 3 fully saturated rings. The molecule has 18 heteroatoms. The first kappa shape index (κ1) is 38.8. The van der Waals surface area contributed by atoms with Crippen LogP contribution in [0.1, 0.15) is 68.3 Å². The van der Waals surface area contributed by atoms with Crippen LogP contribution in [0.4, 0.5) is 0 Å². The molecule has 4 amide bonds. The molecule has 9 rings (SSSR count). The van der Waals surface area contributed by atoms with Gasteiger partial charge in [-0.15, -0.1) is 11.3 Å². The van der Waals surface area contributed by atoms with Gasteiger partial charge in [-0.3, -0.25) is 28.6 Å². The number of thiazole rings is 1. The molecule has 0 unspecified atom stereocenters. The molecule has 2 aliphatic heterocycles. The molecule has 0 spiro atoms. The van der Waals surface area contributed by atoms with E-state index in [4.69, 9.17) is 19.7 Å². The highest BCUT2D eigenvalue weighted by Crippen LogP contribution is 2.46. The number of fused-ring (bicyclic) bond motifs is 4. The summed E-state index contributed by atoms with van der Waals surface area (Å²) < 4.78 is 37.2. The monoisotopic (exact) mass is 837 g/mol. The van der Waals surface area contributed by atoms with Crippen LogP contribution in [0.5, 0.6) is 5.88 Å². The summed E-state index contributed by atoms with van der Waals surface area (Å²) in [6.07, 6.45) is 8.95. The highest BCUT2D eigenvalue weighted by atomic mass is 32.2. The molecule has 2 aliphatic carbocycles. The van der Waals surface area contributed by atoms with Gasteiger partial charge in [0.2, 0.25) is 27.7 Å². The Morgan fingerprint density at radius 3 is 2.46 bits per heavy atom. The minimum Gasteiger partial charge on any atom is -0.471 e. The van der Waals surface area contributed by atoms with Gasteiger partial charge in [0.25, 0.3) is 11.8 Å². The van der Waals surface area contributed by atoms with E-state index in [9.17, 15) is 27.6 Å². The van der Waals surface area contributed by atoms with Gasteiger partial charge in [0.1, 0.15) is 34.4 Å². The van der Waals surface area contributed by atoms with Gasteiger partial charge in [-0.2, -0.15) is 5.10 Å². The molecule has 5 aromatic rings. The fourth-order valence-electron chi connectivity index (χ4n) is 7.95. The number of carbonyl (C=O) groups is 4. The van der Waals surface area contributed by atoms with Crippen molar-refractivity contribution in [2.45, 2.75) is 86.8 Å². The van der Waals surface area contributed by atoms with Gasteiger partial charge < -0.3 is 20.3 Å². The molecule has 5 atom stereocenters. The zero-order valence-electron chi connectivity index (χ0n) is 32.2. The van der Waals surface area contributed by atoms with E-state index in [1.54, 1.807) is 19.3 Å². The Kier molecular flexibility index (Phi) is 10.1. The number of nitrogens with zero attached hydrogens (tertiary/aromatic N) is 6. The van der Waals surface area contributed by atoms with Crippen LogP contribution in [-0.4, -0.2) is 97.2 Å². The first-order valence-corrected chi connectivity index (χ1v) is 22.3. The van der Waals surface area contributed by atoms with E-state index in [-0.39, 0.29) is 31.0 Å². The summed E-state index contributed by atoms with van der Waals surface area (Å²) >= 11 is 1.44. The molecule has 59 heavy (non-hydrogen) atoms. The van der Waals surface area contributed by atoms with Gasteiger partial charge in [0.05, 0.1) is 33.0 Å². The van der Waals surface area contributed by atoms with Crippen molar-refractivity contribution in [3.63, 3.8) is 0 Å². The van der Waals surface area contributed by atoms with E-state index < -0.39 is 68.5 Å². The van der Waals surface area contributed by atoms with Crippen LogP contribution in [-0.2, 0) is 31.5 Å². The van der Waals surface area contributed by atoms with E-state index in [0.29, 0.717) is 53.8 Å². The van der Waals surface area contributed by atoms with E-state index in [1.165, 1.54) is 20.9 Å². The molecule has 16 nitrogen and oxygen atoms in total. The Hall–Kier alpha value is -5.75. The number of benzene rings is 2. The number of rotatable bonds is 8. The molecular weight excluding hydrogens is 795 g/mol. The average molecular weight is 838 g/mol. The van der Waals surface area contributed by atoms with Crippen molar-refractivity contribution in [3.8, 4) is 16.6 Å². The zero-order valence-corrected chi connectivity index (χ0v) is 33.9. The minimum atomic E-state index is -3.92. The fourth-order valence-corrected chi connectivity index (χ4v) is 10.3. The van der Waals surface area contributed by atoms with Gasteiger partial charge in [-0.25, -0.2) is 23.4 Å². The molecule has 3 aromatic heterocycles. The van der Waals surface area contributed by atoms with Crippen LogP contribution in [0.2, 0.25) is 0 Å². The van der Waals surface area contributed by atoms with Crippen LogP contribution in [0, 0.1) is 5.92 Å². The molecule has 5 heterocycles. The number of ether oxygens (including phenoxy) is 1. The number of aromatic nitrogens is 5. The van der Waals surface area contributed by atoms with Gasteiger partial charge in [-0.1, -0.05) is 49.3 Å².